The van der Waals surface area contributed by atoms with Gasteiger partial charge in [0.2, 0.25) is 0 Å². The molecule has 2 aromatic rings. The summed E-state index contributed by atoms with van der Waals surface area (Å²) < 4.78 is 35.9. The van der Waals surface area contributed by atoms with Crippen LogP contribution in [0.3, 0.4) is 0 Å². The van der Waals surface area contributed by atoms with E-state index in [4.69, 9.17) is 5.73 Å². The van der Waals surface area contributed by atoms with Crippen LogP contribution in [-0.4, -0.2) is 28.6 Å². The number of carbonyl (C=O) groups excluding carboxylic acids is 1. The number of hydrogen-bond donors (Lipinski definition) is 2. The second-order valence-electron chi connectivity index (χ2n) is 3.68. The topological polar surface area (TPSA) is 80.9 Å². The SMILES string of the molecule is Nc1c(C(=O)NCCC(F)(F)F)sc2nccnc12. The summed E-state index contributed by atoms with van der Waals surface area (Å²) in [7, 11) is 0. The second-order valence-corrected chi connectivity index (χ2v) is 4.68. The van der Waals surface area contributed by atoms with E-state index in [9.17, 15) is 18.0 Å². The van der Waals surface area contributed by atoms with Crippen LogP contribution in [-0.2, 0) is 0 Å². The third kappa shape index (κ3) is 3.11. The van der Waals surface area contributed by atoms with Crippen molar-refractivity contribution in [2.24, 2.45) is 0 Å². The van der Waals surface area contributed by atoms with Gasteiger partial charge >= 0.3 is 6.18 Å². The predicted octanol–water partition coefficient (Wildman–Crippen LogP) is 1.96. The number of fused-ring (bicyclic) bond motifs is 1. The van der Waals surface area contributed by atoms with Gasteiger partial charge < -0.3 is 11.1 Å². The largest absolute Gasteiger partial charge is 0.396 e. The smallest absolute Gasteiger partial charge is 0.390 e. The minimum atomic E-state index is -4.30. The fourth-order valence-electron chi connectivity index (χ4n) is 1.41. The van der Waals surface area contributed by atoms with E-state index in [2.05, 4.69) is 15.3 Å². The lowest BCUT2D eigenvalue weighted by atomic mass is 10.3. The van der Waals surface area contributed by atoms with Gasteiger partial charge in [-0.15, -0.1) is 11.3 Å². The Labute approximate surface area is 109 Å². The molecule has 2 aromatic heterocycles. The number of thiophene rings is 1. The quantitative estimate of drug-likeness (QED) is 0.905. The van der Waals surface area contributed by atoms with Gasteiger partial charge in [0, 0.05) is 18.9 Å². The molecule has 102 valence electrons. The normalized spacial score (nSPS) is 11.7. The number of rotatable bonds is 3. The highest BCUT2D eigenvalue weighted by Gasteiger charge is 2.27. The summed E-state index contributed by atoms with van der Waals surface area (Å²) in [5.74, 6) is -0.647. The van der Waals surface area contributed by atoms with E-state index in [0.29, 0.717) is 10.3 Å². The molecule has 0 bridgehead atoms. The zero-order valence-electron chi connectivity index (χ0n) is 9.49. The number of halogens is 3. The lowest BCUT2D eigenvalue weighted by Gasteiger charge is -2.07. The molecule has 5 nitrogen and oxygen atoms in total. The van der Waals surface area contributed by atoms with Crippen LogP contribution in [0, 0.1) is 0 Å². The number of aromatic nitrogens is 2. The molecule has 3 N–H and O–H groups in total. The molecule has 0 aliphatic carbocycles. The van der Waals surface area contributed by atoms with Gasteiger partial charge in [-0.3, -0.25) is 4.79 Å². The molecule has 0 spiro atoms. The summed E-state index contributed by atoms with van der Waals surface area (Å²) in [6.07, 6.45) is -2.51. The van der Waals surface area contributed by atoms with Gasteiger partial charge in [0.25, 0.3) is 5.91 Å². The first kappa shape index (κ1) is 13.5. The molecule has 0 radical (unpaired) electrons. The second kappa shape index (κ2) is 5.00. The van der Waals surface area contributed by atoms with Crippen LogP contribution in [0.25, 0.3) is 10.3 Å². The molecule has 0 aliphatic rings. The number of carbonyl (C=O) groups is 1. The number of anilines is 1. The maximum absolute atomic E-state index is 12.0. The molecule has 0 aliphatic heterocycles. The number of hydrogen-bond acceptors (Lipinski definition) is 5. The molecule has 0 unspecified atom stereocenters. The van der Waals surface area contributed by atoms with E-state index in [1.165, 1.54) is 12.4 Å². The van der Waals surface area contributed by atoms with Crippen molar-refractivity contribution >= 4 is 33.3 Å². The van der Waals surface area contributed by atoms with E-state index < -0.39 is 25.0 Å². The van der Waals surface area contributed by atoms with Gasteiger partial charge in [-0.1, -0.05) is 0 Å². The van der Waals surface area contributed by atoms with Crippen LogP contribution < -0.4 is 11.1 Å². The predicted molar refractivity (Wildman–Crippen MR) is 64.8 cm³/mol. The Balaban J connectivity index is 2.11. The molecule has 2 heterocycles. The van der Waals surface area contributed by atoms with Crippen molar-refractivity contribution in [2.75, 3.05) is 12.3 Å². The van der Waals surface area contributed by atoms with Gasteiger partial charge in [0.1, 0.15) is 15.2 Å². The lowest BCUT2D eigenvalue weighted by Crippen LogP contribution is -2.27. The molecule has 0 atom stereocenters. The van der Waals surface area contributed by atoms with Crippen molar-refractivity contribution in [3.8, 4) is 0 Å². The van der Waals surface area contributed by atoms with Gasteiger partial charge in [0.15, 0.2) is 0 Å². The average Bonchev–Trinajstić information content (AvgIpc) is 2.66. The van der Waals surface area contributed by atoms with Crippen LogP contribution in [0.5, 0.6) is 0 Å². The van der Waals surface area contributed by atoms with Crippen LogP contribution in [0.4, 0.5) is 18.9 Å². The Morgan fingerprint density at radius 1 is 1.37 bits per heavy atom. The lowest BCUT2D eigenvalue weighted by molar-refractivity contribution is -0.132. The van der Waals surface area contributed by atoms with Crippen LogP contribution in [0.15, 0.2) is 12.4 Å². The Kier molecular flexibility index (Phi) is 3.56. The first-order valence-corrected chi connectivity index (χ1v) is 6.04. The molecule has 0 aromatic carbocycles. The van der Waals surface area contributed by atoms with Crippen LogP contribution in [0.1, 0.15) is 16.1 Å². The van der Waals surface area contributed by atoms with E-state index in [0.717, 1.165) is 11.3 Å². The summed E-state index contributed by atoms with van der Waals surface area (Å²) in [6.45, 7) is -0.489. The first-order chi connectivity index (χ1) is 8.88. The molecular weight excluding hydrogens is 281 g/mol. The number of amides is 1. The molecule has 1 amide bonds. The molecule has 2 rings (SSSR count). The summed E-state index contributed by atoms with van der Waals surface area (Å²) in [5.41, 5.74) is 6.24. The van der Waals surface area contributed by atoms with Gasteiger partial charge in [-0.25, -0.2) is 9.97 Å². The Morgan fingerprint density at radius 2 is 2.05 bits per heavy atom. The fraction of sp³-hybridized carbons (Fsp3) is 0.300. The van der Waals surface area contributed by atoms with Crippen molar-refractivity contribution in [2.45, 2.75) is 12.6 Å². The van der Waals surface area contributed by atoms with E-state index in [1.54, 1.807) is 0 Å². The zero-order valence-corrected chi connectivity index (χ0v) is 10.3. The molecule has 19 heavy (non-hydrogen) atoms. The minimum absolute atomic E-state index is 0.128. The number of nitrogens with zero attached hydrogens (tertiary/aromatic N) is 2. The van der Waals surface area contributed by atoms with E-state index in [-0.39, 0.29) is 10.6 Å². The highest BCUT2D eigenvalue weighted by Crippen LogP contribution is 2.30. The molecule has 0 fully saturated rings. The highest BCUT2D eigenvalue weighted by molar-refractivity contribution is 7.21. The zero-order chi connectivity index (χ0) is 14.0. The van der Waals surface area contributed by atoms with Gasteiger partial charge in [-0.05, 0) is 0 Å². The van der Waals surface area contributed by atoms with Crippen molar-refractivity contribution in [3.05, 3.63) is 17.3 Å². The first-order valence-electron chi connectivity index (χ1n) is 5.22. The monoisotopic (exact) mass is 290 g/mol. The molecule has 9 heteroatoms. The summed E-state index contributed by atoms with van der Waals surface area (Å²) in [6, 6.07) is 0. The Bertz CT molecular complexity index is 610. The standard InChI is InChI=1S/C10H9F3N4OS/c11-10(12,13)1-2-16-8(18)7-5(14)6-9(19-7)17-4-3-15-6/h3-4H,1-2,14H2,(H,16,18). The van der Waals surface area contributed by atoms with Gasteiger partial charge in [0.05, 0.1) is 12.1 Å². The van der Waals surface area contributed by atoms with Crippen molar-refractivity contribution in [1.29, 1.82) is 0 Å². The summed E-state index contributed by atoms with van der Waals surface area (Å²) in [4.78, 5) is 20.3. The maximum Gasteiger partial charge on any atom is 0.390 e. The number of nitrogen functional groups attached to an aromatic ring is 1. The third-order valence-corrected chi connectivity index (χ3v) is 3.36. The number of nitrogens with one attached hydrogen (secondary N) is 1. The fourth-order valence-corrected chi connectivity index (χ4v) is 2.35. The molecular formula is C10H9F3N4OS. The number of alkyl halides is 3. The summed E-state index contributed by atoms with van der Waals surface area (Å²) >= 11 is 0.998. The highest BCUT2D eigenvalue weighted by atomic mass is 32.1. The average molecular weight is 290 g/mol. The Morgan fingerprint density at radius 3 is 2.68 bits per heavy atom. The van der Waals surface area contributed by atoms with Crippen molar-refractivity contribution < 1.29 is 18.0 Å². The Hall–Kier alpha value is -1.90. The number of nitrogens with two attached hydrogens (primary N) is 1. The van der Waals surface area contributed by atoms with Crippen LogP contribution in [0.2, 0.25) is 0 Å². The van der Waals surface area contributed by atoms with Crippen molar-refractivity contribution in [1.82, 2.24) is 15.3 Å². The maximum atomic E-state index is 12.0. The van der Waals surface area contributed by atoms with Crippen molar-refractivity contribution in [3.63, 3.8) is 0 Å². The summed E-state index contributed by atoms with van der Waals surface area (Å²) in [5, 5.41) is 2.17. The van der Waals surface area contributed by atoms with Gasteiger partial charge in [-0.2, -0.15) is 13.2 Å². The van der Waals surface area contributed by atoms with E-state index >= 15 is 0 Å². The minimum Gasteiger partial charge on any atom is -0.396 e. The van der Waals surface area contributed by atoms with E-state index in [1.807, 2.05) is 0 Å². The molecule has 0 saturated carbocycles. The molecule has 0 saturated heterocycles. The third-order valence-electron chi connectivity index (χ3n) is 2.26. The van der Waals surface area contributed by atoms with Crippen LogP contribution >= 0.6 is 11.3 Å².